The van der Waals surface area contributed by atoms with Gasteiger partial charge in [0.05, 0.1) is 6.61 Å². The molecule has 0 saturated carbocycles. The fourth-order valence-corrected chi connectivity index (χ4v) is 3.54. The maximum absolute atomic E-state index is 9.55. The minimum Gasteiger partial charge on any atom is -0.494 e. The molecule has 1 fully saturated rings. The molecule has 1 aliphatic heterocycles. The number of benzene rings is 1. The van der Waals surface area contributed by atoms with Gasteiger partial charge < -0.3 is 14.7 Å². The summed E-state index contributed by atoms with van der Waals surface area (Å²) in [7, 11) is 0. The largest absolute Gasteiger partial charge is 0.494 e. The average molecular weight is 366 g/mol. The molecule has 2 aromatic rings. The number of aromatic nitrogens is 1. The molecule has 27 heavy (non-hydrogen) atoms. The van der Waals surface area contributed by atoms with Crippen LogP contribution in [-0.2, 0) is 6.54 Å². The second-order valence-electron chi connectivity index (χ2n) is 6.62. The highest BCUT2D eigenvalue weighted by atomic mass is 16.5. The van der Waals surface area contributed by atoms with Crippen LogP contribution in [0.3, 0.4) is 0 Å². The smallest absolute Gasteiger partial charge is 0.142 e. The third-order valence-electron chi connectivity index (χ3n) is 4.89. The summed E-state index contributed by atoms with van der Waals surface area (Å²) in [4.78, 5) is 9.02. The zero-order valence-corrected chi connectivity index (χ0v) is 15.7. The van der Waals surface area contributed by atoms with Crippen molar-refractivity contribution in [2.45, 2.75) is 25.9 Å². The minimum absolute atomic E-state index is 0.147. The Morgan fingerprint density at radius 2 is 2.07 bits per heavy atom. The Balaban J connectivity index is 1.74. The molecule has 0 amide bonds. The van der Waals surface area contributed by atoms with Crippen molar-refractivity contribution in [1.82, 2.24) is 9.88 Å². The Bertz CT molecular complexity index is 790. The molecule has 0 aliphatic carbocycles. The number of aliphatic hydroxyl groups is 1. The second kappa shape index (κ2) is 9.36. The summed E-state index contributed by atoms with van der Waals surface area (Å²) in [6, 6.07) is 16.0. The summed E-state index contributed by atoms with van der Waals surface area (Å²) >= 11 is 0. The van der Waals surface area contributed by atoms with Gasteiger partial charge in [-0.25, -0.2) is 4.98 Å². The van der Waals surface area contributed by atoms with Gasteiger partial charge in [0, 0.05) is 44.4 Å². The second-order valence-corrected chi connectivity index (χ2v) is 6.62. The molecule has 0 bridgehead atoms. The zero-order valence-electron chi connectivity index (χ0n) is 15.7. The van der Waals surface area contributed by atoms with Crippen molar-refractivity contribution in [3.05, 3.63) is 53.7 Å². The van der Waals surface area contributed by atoms with Crippen LogP contribution in [0.5, 0.6) is 5.75 Å². The summed E-state index contributed by atoms with van der Waals surface area (Å²) in [5.74, 6) is 1.75. The van der Waals surface area contributed by atoms with Crippen LogP contribution >= 0.6 is 0 Å². The molecule has 0 radical (unpaired) electrons. The molecule has 1 aliphatic rings. The molecule has 1 N–H and O–H groups in total. The lowest BCUT2D eigenvalue weighted by Crippen LogP contribution is -2.53. The molecule has 1 aromatic heterocycles. The van der Waals surface area contributed by atoms with E-state index in [9.17, 15) is 5.11 Å². The predicted octanol–water partition coefficient (Wildman–Crippen LogP) is 2.43. The number of para-hydroxylation sites is 1. The van der Waals surface area contributed by atoms with E-state index >= 15 is 0 Å². The lowest BCUT2D eigenvalue weighted by atomic mass is 10.1. The molecular weight excluding hydrogens is 340 g/mol. The standard InChI is InChI=1S/C21H26N4O2/c1-2-27-20-8-4-3-6-17(20)15-24-11-12-25(16-19(24)10-13-26)21-9-5-7-18(14-22)23-21/h3-9,19,26H,2,10-13,15-16H2,1H3/t19-/m1/s1. The molecule has 6 heteroatoms. The SMILES string of the molecule is CCOc1ccccc1CN1CCN(c2cccc(C#N)n2)C[C@H]1CCO. The molecule has 0 unspecified atom stereocenters. The van der Waals surface area contributed by atoms with E-state index in [1.807, 2.05) is 37.3 Å². The van der Waals surface area contributed by atoms with Crippen LogP contribution in [0, 0.1) is 11.3 Å². The minimum atomic E-state index is 0.147. The van der Waals surface area contributed by atoms with Crippen LogP contribution in [0.4, 0.5) is 5.82 Å². The van der Waals surface area contributed by atoms with Crippen molar-refractivity contribution in [2.75, 3.05) is 37.7 Å². The van der Waals surface area contributed by atoms with E-state index in [0.29, 0.717) is 18.7 Å². The van der Waals surface area contributed by atoms with Gasteiger partial charge in [0.15, 0.2) is 0 Å². The van der Waals surface area contributed by atoms with Crippen LogP contribution in [-0.4, -0.2) is 53.9 Å². The van der Waals surface area contributed by atoms with E-state index < -0.39 is 0 Å². The van der Waals surface area contributed by atoms with E-state index in [2.05, 4.69) is 26.9 Å². The number of pyridine rings is 1. The summed E-state index contributed by atoms with van der Waals surface area (Å²) < 4.78 is 5.76. The quantitative estimate of drug-likeness (QED) is 0.811. The average Bonchev–Trinajstić information content (AvgIpc) is 2.71. The van der Waals surface area contributed by atoms with Crippen LogP contribution in [0.2, 0.25) is 0 Å². The lowest BCUT2D eigenvalue weighted by Gasteiger charge is -2.42. The van der Waals surface area contributed by atoms with Crippen LogP contribution in [0.1, 0.15) is 24.6 Å². The van der Waals surface area contributed by atoms with E-state index in [1.54, 1.807) is 6.07 Å². The first-order chi connectivity index (χ1) is 13.2. The van der Waals surface area contributed by atoms with Gasteiger partial charge in [-0.3, -0.25) is 4.90 Å². The Labute approximate surface area is 160 Å². The summed E-state index contributed by atoms with van der Waals surface area (Å²) in [6.07, 6.45) is 0.700. The summed E-state index contributed by atoms with van der Waals surface area (Å²) in [5.41, 5.74) is 1.60. The number of hydrogen-bond donors (Lipinski definition) is 1. The Hall–Kier alpha value is -2.62. The number of ether oxygens (including phenoxy) is 1. The van der Waals surface area contributed by atoms with Crippen molar-refractivity contribution in [2.24, 2.45) is 0 Å². The molecule has 6 nitrogen and oxygen atoms in total. The molecule has 2 heterocycles. The van der Waals surface area contributed by atoms with Crippen LogP contribution < -0.4 is 9.64 Å². The molecular formula is C21H26N4O2. The Morgan fingerprint density at radius 3 is 2.85 bits per heavy atom. The van der Waals surface area contributed by atoms with Crippen molar-refractivity contribution >= 4 is 5.82 Å². The summed E-state index contributed by atoms with van der Waals surface area (Å²) in [5, 5.41) is 18.6. The number of piperazine rings is 1. The van der Waals surface area contributed by atoms with E-state index in [1.165, 1.54) is 5.56 Å². The zero-order chi connectivity index (χ0) is 19.1. The fraction of sp³-hybridized carbons (Fsp3) is 0.429. The van der Waals surface area contributed by atoms with Crippen molar-refractivity contribution in [1.29, 1.82) is 5.26 Å². The van der Waals surface area contributed by atoms with Gasteiger partial charge in [-0.15, -0.1) is 0 Å². The van der Waals surface area contributed by atoms with Gasteiger partial charge in [0.2, 0.25) is 0 Å². The maximum Gasteiger partial charge on any atom is 0.142 e. The number of rotatable bonds is 7. The van der Waals surface area contributed by atoms with Crippen LogP contribution in [0.25, 0.3) is 0 Å². The van der Waals surface area contributed by atoms with E-state index in [0.717, 1.165) is 37.7 Å². The lowest BCUT2D eigenvalue weighted by molar-refractivity contribution is 0.134. The number of anilines is 1. The number of nitriles is 1. The topological polar surface area (TPSA) is 72.6 Å². The molecule has 142 valence electrons. The van der Waals surface area contributed by atoms with Crippen molar-refractivity contribution in [3.63, 3.8) is 0 Å². The molecule has 0 spiro atoms. The Kier molecular flexibility index (Phi) is 6.64. The first-order valence-electron chi connectivity index (χ1n) is 9.43. The third kappa shape index (κ3) is 4.76. The molecule has 1 atom stereocenters. The van der Waals surface area contributed by atoms with Crippen molar-refractivity contribution in [3.8, 4) is 11.8 Å². The predicted molar refractivity (Wildman–Crippen MR) is 105 cm³/mol. The molecule has 1 saturated heterocycles. The van der Waals surface area contributed by atoms with Gasteiger partial charge in [-0.1, -0.05) is 24.3 Å². The monoisotopic (exact) mass is 366 g/mol. The third-order valence-corrected chi connectivity index (χ3v) is 4.89. The molecule has 3 rings (SSSR count). The highest BCUT2D eigenvalue weighted by molar-refractivity contribution is 5.42. The van der Waals surface area contributed by atoms with Crippen LogP contribution in [0.15, 0.2) is 42.5 Å². The first-order valence-corrected chi connectivity index (χ1v) is 9.43. The van der Waals surface area contributed by atoms with Gasteiger partial charge in [0.25, 0.3) is 0 Å². The number of hydrogen-bond acceptors (Lipinski definition) is 6. The van der Waals surface area contributed by atoms with Gasteiger partial charge in [0.1, 0.15) is 23.3 Å². The van der Waals surface area contributed by atoms with Gasteiger partial charge >= 0.3 is 0 Å². The fourth-order valence-electron chi connectivity index (χ4n) is 3.54. The Morgan fingerprint density at radius 1 is 1.22 bits per heavy atom. The maximum atomic E-state index is 9.55. The molecule has 1 aromatic carbocycles. The van der Waals surface area contributed by atoms with Gasteiger partial charge in [-0.05, 0) is 31.5 Å². The van der Waals surface area contributed by atoms with E-state index in [4.69, 9.17) is 10.00 Å². The van der Waals surface area contributed by atoms with Gasteiger partial charge in [-0.2, -0.15) is 5.26 Å². The highest BCUT2D eigenvalue weighted by Gasteiger charge is 2.28. The number of nitrogens with zero attached hydrogens (tertiary/aromatic N) is 4. The van der Waals surface area contributed by atoms with E-state index in [-0.39, 0.29) is 12.6 Å². The normalized spacial score (nSPS) is 17.5. The van der Waals surface area contributed by atoms with Crippen molar-refractivity contribution < 1.29 is 9.84 Å². The summed E-state index contributed by atoms with van der Waals surface area (Å²) in [6.45, 7) is 6.05. The highest BCUT2D eigenvalue weighted by Crippen LogP contribution is 2.25. The number of aliphatic hydroxyl groups excluding tert-OH is 1. The first kappa shape index (κ1) is 19.2.